The quantitative estimate of drug-likeness (QED) is 0.774. The lowest BCUT2D eigenvalue weighted by Gasteiger charge is -2.10. The predicted octanol–water partition coefficient (Wildman–Crippen LogP) is 1.59. The van der Waals surface area contributed by atoms with Crippen LogP contribution in [0.1, 0.15) is 18.0 Å². The van der Waals surface area contributed by atoms with Crippen molar-refractivity contribution < 1.29 is 9.47 Å². The van der Waals surface area contributed by atoms with Crippen LogP contribution in [-0.2, 0) is 0 Å². The van der Waals surface area contributed by atoms with Gasteiger partial charge in [0.05, 0.1) is 12.0 Å². The van der Waals surface area contributed by atoms with Crippen molar-refractivity contribution in [3.05, 3.63) is 23.8 Å². The van der Waals surface area contributed by atoms with Gasteiger partial charge in [-0.1, -0.05) is 6.07 Å². The lowest BCUT2D eigenvalue weighted by Crippen LogP contribution is -2.13. The lowest BCUT2D eigenvalue weighted by molar-refractivity contribution is 0.174. The molecule has 1 aromatic rings. The second kappa shape index (κ2) is 3.69. The maximum absolute atomic E-state index is 8.85. The molecule has 0 spiro atoms. The second-order valence-electron chi connectivity index (χ2n) is 4.14. The van der Waals surface area contributed by atoms with E-state index in [9.17, 15) is 0 Å². The van der Waals surface area contributed by atoms with Crippen molar-refractivity contribution in [2.24, 2.45) is 5.92 Å². The van der Waals surface area contributed by atoms with Gasteiger partial charge in [-0.2, -0.15) is 5.26 Å². The summed E-state index contributed by atoms with van der Waals surface area (Å²) in [5, 5.41) is 12.2. The molecule has 82 valence electrons. The summed E-state index contributed by atoms with van der Waals surface area (Å²) in [6.45, 7) is 1.08. The van der Waals surface area contributed by atoms with E-state index in [-0.39, 0.29) is 12.0 Å². The fraction of sp³-hybridized carbons (Fsp3) is 0.417. The fourth-order valence-corrected chi connectivity index (χ4v) is 2.22. The Labute approximate surface area is 93.8 Å². The normalized spacial score (nSPS) is 26.7. The Kier molecular flexibility index (Phi) is 2.19. The molecule has 4 nitrogen and oxygen atoms in total. The molecule has 0 amide bonds. The van der Waals surface area contributed by atoms with Crippen molar-refractivity contribution in [2.75, 3.05) is 13.3 Å². The van der Waals surface area contributed by atoms with Crippen molar-refractivity contribution in [1.29, 1.82) is 5.26 Å². The van der Waals surface area contributed by atoms with E-state index in [1.54, 1.807) is 0 Å². The van der Waals surface area contributed by atoms with Crippen LogP contribution in [0.5, 0.6) is 11.5 Å². The number of nitrogens with zero attached hydrogens (tertiary/aromatic N) is 1. The maximum atomic E-state index is 8.85. The molecule has 0 radical (unpaired) electrons. The zero-order chi connectivity index (χ0) is 11.0. The average molecular weight is 216 g/mol. The minimum atomic E-state index is 0.121. The average Bonchev–Trinajstić information content (AvgIpc) is 2.96. The van der Waals surface area contributed by atoms with Crippen LogP contribution in [0.3, 0.4) is 0 Å². The first-order valence-electron chi connectivity index (χ1n) is 5.39. The zero-order valence-corrected chi connectivity index (χ0v) is 8.77. The third-order valence-electron chi connectivity index (χ3n) is 3.11. The first-order chi connectivity index (χ1) is 7.86. The van der Waals surface area contributed by atoms with Crippen LogP contribution in [0.4, 0.5) is 0 Å². The molecule has 1 aromatic carbocycles. The molecule has 16 heavy (non-hydrogen) atoms. The number of rotatable bonds is 1. The summed E-state index contributed by atoms with van der Waals surface area (Å²) >= 11 is 0. The maximum Gasteiger partial charge on any atom is 0.231 e. The summed E-state index contributed by atoms with van der Waals surface area (Å²) in [6.07, 6.45) is 0.871. The molecular weight excluding hydrogens is 204 g/mol. The first kappa shape index (κ1) is 9.49. The van der Waals surface area contributed by atoms with Gasteiger partial charge in [-0.25, -0.2) is 0 Å². The molecule has 2 aliphatic heterocycles. The minimum Gasteiger partial charge on any atom is -0.454 e. The number of nitrogens with one attached hydrogen (secondary N) is 1. The van der Waals surface area contributed by atoms with Crippen LogP contribution in [-0.4, -0.2) is 13.3 Å². The number of fused-ring (bicyclic) bond motifs is 1. The Hall–Kier alpha value is -1.73. The molecule has 1 fully saturated rings. The van der Waals surface area contributed by atoms with E-state index in [0.29, 0.717) is 6.79 Å². The molecule has 2 aliphatic rings. The van der Waals surface area contributed by atoms with Crippen molar-refractivity contribution in [1.82, 2.24) is 5.32 Å². The van der Waals surface area contributed by atoms with Crippen LogP contribution in [0.15, 0.2) is 18.2 Å². The third-order valence-corrected chi connectivity index (χ3v) is 3.11. The molecule has 1 saturated heterocycles. The third kappa shape index (κ3) is 1.50. The van der Waals surface area contributed by atoms with Gasteiger partial charge in [0.25, 0.3) is 0 Å². The van der Waals surface area contributed by atoms with Gasteiger partial charge in [0.2, 0.25) is 6.79 Å². The minimum absolute atomic E-state index is 0.121. The number of hydrogen-bond donors (Lipinski definition) is 1. The summed E-state index contributed by atoms with van der Waals surface area (Å²) in [4.78, 5) is 0. The number of benzene rings is 1. The Bertz CT molecular complexity index is 453. The Morgan fingerprint density at radius 1 is 1.31 bits per heavy atom. The molecule has 4 heteroatoms. The van der Waals surface area contributed by atoms with E-state index in [1.807, 2.05) is 18.2 Å². The van der Waals surface area contributed by atoms with Crippen LogP contribution in [0, 0.1) is 17.2 Å². The van der Waals surface area contributed by atoms with E-state index in [0.717, 1.165) is 24.5 Å². The molecule has 0 saturated carbocycles. The molecule has 0 aliphatic carbocycles. The Balaban J connectivity index is 1.83. The molecule has 2 heterocycles. The van der Waals surface area contributed by atoms with Crippen LogP contribution in [0.2, 0.25) is 0 Å². The summed E-state index contributed by atoms with van der Waals surface area (Å²) in [7, 11) is 0. The summed E-state index contributed by atoms with van der Waals surface area (Å²) < 4.78 is 10.6. The van der Waals surface area contributed by atoms with Crippen molar-refractivity contribution in [2.45, 2.75) is 12.5 Å². The van der Waals surface area contributed by atoms with Crippen molar-refractivity contribution >= 4 is 0 Å². The molecule has 2 atom stereocenters. The van der Waals surface area contributed by atoms with Gasteiger partial charge in [-0.15, -0.1) is 0 Å². The first-order valence-corrected chi connectivity index (χ1v) is 5.39. The van der Waals surface area contributed by atoms with Crippen molar-refractivity contribution in [3.63, 3.8) is 0 Å². The molecule has 0 aromatic heterocycles. The SMILES string of the molecule is N#CC1CNC(c2ccc3c(c2)OCO3)C1. The van der Waals surface area contributed by atoms with E-state index in [2.05, 4.69) is 11.4 Å². The highest BCUT2D eigenvalue weighted by Crippen LogP contribution is 2.36. The highest BCUT2D eigenvalue weighted by molar-refractivity contribution is 5.45. The van der Waals surface area contributed by atoms with Crippen LogP contribution >= 0.6 is 0 Å². The highest BCUT2D eigenvalue weighted by Gasteiger charge is 2.26. The predicted molar refractivity (Wildman–Crippen MR) is 57.0 cm³/mol. The van der Waals surface area contributed by atoms with Gasteiger partial charge in [-0.05, 0) is 24.1 Å². The van der Waals surface area contributed by atoms with E-state index >= 15 is 0 Å². The summed E-state index contributed by atoms with van der Waals surface area (Å²) in [5.74, 6) is 1.73. The van der Waals surface area contributed by atoms with Gasteiger partial charge < -0.3 is 14.8 Å². The molecule has 0 bridgehead atoms. The summed E-state index contributed by atoms with van der Waals surface area (Å²) in [5.41, 5.74) is 1.17. The highest BCUT2D eigenvalue weighted by atomic mass is 16.7. The largest absolute Gasteiger partial charge is 0.454 e. The standard InChI is InChI=1S/C12H12N2O2/c13-5-8-3-10(14-6-8)9-1-2-11-12(4-9)16-7-15-11/h1-2,4,8,10,14H,3,6-7H2. The molecule has 3 rings (SSSR count). The van der Waals surface area contributed by atoms with Crippen LogP contribution < -0.4 is 14.8 Å². The van der Waals surface area contributed by atoms with Gasteiger partial charge in [0.15, 0.2) is 11.5 Å². The molecule has 2 unspecified atom stereocenters. The van der Waals surface area contributed by atoms with Gasteiger partial charge in [0, 0.05) is 12.6 Å². The fourth-order valence-electron chi connectivity index (χ4n) is 2.22. The van der Waals surface area contributed by atoms with Gasteiger partial charge in [0.1, 0.15) is 0 Å². The molecular formula is C12H12N2O2. The van der Waals surface area contributed by atoms with Gasteiger partial charge in [-0.3, -0.25) is 0 Å². The number of hydrogen-bond acceptors (Lipinski definition) is 4. The van der Waals surface area contributed by atoms with Crippen molar-refractivity contribution in [3.8, 4) is 17.6 Å². The zero-order valence-electron chi connectivity index (χ0n) is 8.77. The number of ether oxygens (including phenoxy) is 2. The Morgan fingerprint density at radius 2 is 2.19 bits per heavy atom. The number of nitriles is 1. The monoisotopic (exact) mass is 216 g/mol. The molecule has 1 N–H and O–H groups in total. The van der Waals surface area contributed by atoms with Gasteiger partial charge >= 0.3 is 0 Å². The Morgan fingerprint density at radius 3 is 3.00 bits per heavy atom. The van der Waals surface area contributed by atoms with Crippen LogP contribution in [0.25, 0.3) is 0 Å². The summed E-state index contributed by atoms with van der Waals surface area (Å²) in [6, 6.07) is 8.52. The lowest BCUT2D eigenvalue weighted by atomic mass is 10.0. The van der Waals surface area contributed by atoms with E-state index in [1.165, 1.54) is 5.56 Å². The van der Waals surface area contributed by atoms with E-state index in [4.69, 9.17) is 14.7 Å². The second-order valence-corrected chi connectivity index (χ2v) is 4.14. The van der Waals surface area contributed by atoms with E-state index < -0.39 is 0 Å². The topological polar surface area (TPSA) is 54.3 Å². The smallest absolute Gasteiger partial charge is 0.231 e.